The third kappa shape index (κ3) is 11.1. The first kappa shape index (κ1) is 42.0. The maximum absolute atomic E-state index is 13.6. The molecule has 0 atom stereocenters. The van der Waals surface area contributed by atoms with Crippen molar-refractivity contribution in [3.05, 3.63) is 102 Å². The van der Waals surface area contributed by atoms with Gasteiger partial charge in [0.25, 0.3) is 5.91 Å². The number of methoxy groups -OCH3 is 2. The topological polar surface area (TPSA) is 152 Å². The van der Waals surface area contributed by atoms with Crippen molar-refractivity contribution in [3.8, 4) is 23.0 Å². The predicted molar refractivity (Wildman–Crippen MR) is 232 cm³/mol. The molecule has 0 aliphatic carbocycles. The Kier molecular flexibility index (Phi) is 13.3. The fraction of sp³-hybridized carbons (Fsp3) is 0.341. The highest BCUT2D eigenvalue weighted by atomic mass is 31.2. The van der Waals surface area contributed by atoms with Gasteiger partial charge in [-0.1, -0.05) is 51.1 Å². The molecule has 4 aromatic carbocycles. The standard InChI is InChI=1S/C44H53N6O7P/c1-44(2,3)31-22-30(28-58(6,7)53)41(55-5)38(25-31)49-43(52)48-37-12-13-39(36-11-9-8-10-35(36)37)57-33-14-15-45-40(27-33)47-32-23-29(24-34(26-32)54-4)42(51)46-16-17-50-18-20-56-21-19-50/h8-15,22-27H,16-21,28H2,1-7H3,(H,45,47)(H,46,51)(H2,48,49,52). The third-order valence-electron chi connectivity index (χ3n) is 9.62. The van der Waals surface area contributed by atoms with Crippen molar-refractivity contribution in [3.63, 3.8) is 0 Å². The van der Waals surface area contributed by atoms with Gasteiger partial charge in [0.2, 0.25) is 0 Å². The summed E-state index contributed by atoms with van der Waals surface area (Å²) in [4.78, 5) is 33.4. The second-order valence-corrected chi connectivity index (χ2v) is 19.2. The number of amides is 3. The molecular formula is C44H53N6O7P. The number of aromatic nitrogens is 1. The van der Waals surface area contributed by atoms with Crippen molar-refractivity contribution >= 4 is 52.7 Å². The summed E-state index contributed by atoms with van der Waals surface area (Å²) in [5, 5.41) is 13.8. The molecule has 1 saturated heterocycles. The zero-order chi connectivity index (χ0) is 41.5. The number of nitrogens with zero attached hydrogens (tertiary/aromatic N) is 2. The summed E-state index contributed by atoms with van der Waals surface area (Å²) in [6.07, 6.45) is 1.97. The highest BCUT2D eigenvalue weighted by molar-refractivity contribution is 7.61. The monoisotopic (exact) mass is 808 g/mol. The molecule has 0 bridgehead atoms. The van der Waals surface area contributed by atoms with Gasteiger partial charge in [-0.15, -0.1) is 0 Å². The number of morpholine rings is 1. The number of urea groups is 1. The van der Waals surface area contributed by atoms with E-state index in [0.717, 1.165) is 41.5 Å². The average molecular weight is 809 g/mol. The van der Waals surface area contributed by atoms with Crippen LogP contribution in [-0.2, 0) is 20.9 Å². The molecule has 13 nitrogen and oxygen atoms in total. The van der Waals surface area contributed by atoms with Crippen LogP contribution >= 0.6 is 7.14 Å². The van der Waals surface area contributed by atoms with Gasteiger partial charge in [-0.25, -0.2) is 9.78 Å². The van der Waals surface area contributed by atoms with Gasteiger partial charge >= 0.3 is 6.03 Å². The van der Waals surface area contributed by atoms with Crippen LogP contribution in [0.2, 0.25) is 0 Å². The van der Waals surface area contributed by atoms with Crippen LogP contribution in [0.3, 0.4) is 0 Å². The largest absolute Gasteiger partial charge is 0.497 e. The summed E-state index contributed by atoms with van der Waals surface area (Å²) in [5.41, 5.74) is 3.69. The van der Waals surface area contributed by atoms with E-state index in [1.165, 1.54) is 0 Å². The van der Waals surface area contributed by atoms with Gasteiger partial charge in [-0.05, 0) is 60.7 Å². The van der Waals surface area contributed by atoms with Gasteiger partial charge in [-0.3, -0.25) is 9.69 Å². The van der Waals surface area contributed by atoms with E-state index >= 15 is 0 Å². The van der Waals surface area contributed by atoms with Crippen LogP contribution in [0.15, 0.2) is 85.1 Å². The minimum atomic E-state index is -2.45. The number of anilines is 4. The summed E-state index contributed by atoms with van der Waals surface area (Å²) in [6, 6.07) is 23.5. The fourth-order valence-corrected chi connectivity index (χ4v) is 7.78. The van der Waals surface area contributed by atoms with Gasteiger partial charge in [0.1, 0.15) is 28.8 Å². The van der Waals surface area contributed by atoms with Crippen LogP contribution in [0.4, 0.5) is 27.7 Å². The Morgan fingerprint density at radius 1 is 0.862 bits per heavy atom. The van der Waals surface area contributed by atoms with Gasteiger partial charge < -0.3 is 44.8 Å². The van der Waals surface area contributed by atoms with Crippen LogP contribution in [0.1, 0.15) is 42.3 Å². The number of hydrogen-bond acceptors (Lipinski definition) is 10. The molecule has 1 fully saturated rings. The van der Waals surface area contributed by atoms with Crippen LogP contribution in [-0.4, -0.2) is 88.8 Å². The molecule has 2 heterocycles. The molecule has 0 unspecified atom stereocenters. The number of carbonyl (C=O) groups is 2. The molecule has 6 rings (SSSR count). The molecule has 4 N–H and O–H groups in total. The van der Waals surface area contributed by atoms with Crippen molar-refractivity contribution in [1.29, 1.82) is 0 Å². The van der Waals surface area contributed by atoms with Crippen molar-refractivity contribution < 1.29 is 33.1 Å². The number of ether oxygens (including phenoxy) is 4. The second-order valence-electron chi connectivity index (χ2n) is 15.7. The highest BCUT2D eigenvalue weighted by Crippen LogP contribution is 2.46. The predicted octanol–water partition coefficient (Wildman–Crippen LogP) is 8.91. The normalized spacial score (nSPS) is 13.4. The third-order valence-corrected chi connectivity index (χ3v) is 10.7. The Hall–Kier alpha value is -5.62. The van der Waals surface area contributed by atoms with Crippen molar-refractivity contribution in [2.24, 2.45) is 0 Å². The van der Waals surface area contributed by atoms with Crippen LogP contribution in [0.25, 0.3) is 10.8 Å². The Labute approximate surface area is 340 Å². The first-order valence-corrected chi connectivity index (χ1v) is 22.0. The smallest absolute Gasteiger partial charge is 0.323 e. The van der Waals surface area contributed by atoms with Gasteiger partial charge in [0.05, 0.1) is 46.0 Å². The van der Waals surface area contributed by atoms with Crippen LogP contribution in [0.5, 0.6) is 23.0 Å². The average Bonchev–Trinajstić information content (AvgIpc) is 3.18. The number of benzene rings is 4. The van der Waals surface area contributed by atoms with Gasteiger partial charge in [-0.2, -0.15) is 0 Å². The first-order valence-electron chi connectivity index (χ1n) is 19.2. The van der Waals surface area contributed by atoms with Crippen LogP contribution < -0.4 is 35.5 Å². The summed E-state index contributed by atoms with van der Waals surface area (Å²) >= 11 is 0. The fourth-order valence-electron chi connectivity index (χ4n) is 6.72. The Bertz CT molecular complexity index is 2320. The second kappa shape index (κ2) is 18.3. The van der Waals surface area contributed by atoms with Gasteiger partial charge in [0, 0.05) is 78.3 Å². The van der Waals surface area contributed by atoms with E-state index in [2.05, 4.69) is 51.9 Å². The molecule has 306 valence electrons. The van der Waals surface area contributed by atoms with E-state index in [-0.39, 0.29) is 11.3 Å². The van der Waals surface area contributed by atoms with Crippen molar-refractivity contribution in [2.45, 2.75) is 32.3 Å². The molecule has 1 aliphatic heterocycles. The summed E-state index contributed by atoms with van der Waals surface area (Å²) in [6.45, 7) is 14.1. The van der Waals surface area contributed by atoms with E-state index in [4.69, 9.17) is 18.9 Å². The number of carbonyl (C=O) groups excluding carboxylic acids is 2. The van der Waals surface area contributed by atoms with Crippen molar-refractivity contribution in [2.75, 3.05) is 82.9 Å². The molecule has 5 aromatic rings. The number of fused-ring (bicyclic) bond motifs is 1. The van der Waals surface area contributed by atoms with Crippen molar-refractivity contribution in [1.82, 2.24) is 15.2 Å². The quantitative estimate of drug-likeness (QED) is 0.0801. The number of pyridine rings is 1. The molecule has 14 heteroatoms. The van der Waals surface area contributed by atoms with E-state index in [0.29, 0.717) is 77.4 Å². The molecule has 1 aromatic heterocycles. The Morgan fingerprint density at radius 3 is 2.31 bits per heavy atom. The summed E-state index contributed by atoms with van der Waals surface area (Å²) in [5.74, 6) is 2.40. The van der Waals surface area contributed by atoms with Gasteiger partial charge in [0.15, 0.2) is 0 Å². The number of hydrogen-bond donors (Lipinski definition) is 4. The SMILES string of the molecule is COc1cc(Nc2cc(Oc3ccc(NC(=O)Nc4cc(C(C)(C)C)cc(CP(C)(C)=O)c4OC)c4ccccc34)ccn2)cc(C(=O)NCCN2CCOCC2)c1. The molecular weight excluding hydrogens is 755 g/mol. The molecule has 0 saturated carbocycles. The first-order chi connectivity index (χ1) is 27.7. The zero-order valence-electron chi connectivity index (χ0n) is 34.2. The van der Waals surface area contributed by atoms with E-state index in [1.54, 1.807) is 76.2 Å². The molecule has 1 aliphatic rings. The molecule has 0 spiro atoms. The summed E-state index contributed by atoms with van der Waals surface area (Å²) < 4.78 is 36.0. The minimum Gasteiger partial charge on any atom is -0.497 e. The lowest BCUT2D eigenvalue weighted by Gasteiger charge is -2.26. The van der Waals surface area contributed by atoms with E-state index < -0.39 is 13.2 Å². The Balaban J connectivity index is 1.17. The molecule has 58 heavy (non-hydrogen) atoms. The lowest BCUT2D eigenvalue weighted by atomic mass is 9.85. The highest BCUT2D eigenvalue weighted by Gasteiger charge is 2.23. The Morgan fingerprint density at radius 2 is 1.60 bits per heavy atom. The summed E-state index contributed by atoms with van der Waals surface area (Å²) in [7, 11) is 0.657. The minimum absolute atomic E-state index is 0.202. The molecule has 0 radical (unpaired) electrons. The maximum Gasteiger partial charge on any atom is 0.323 e. The maximum atomic E-state index is 13.6. The van der Waals surface area contributed by atoms with E-state index in [9.17, 15) is 14.2 Å². The lowest BCUT2D eigenvalue weighted by Crippen LogP contribution is -2.41. The molecule has 3 amide bonds. The van der Waals surface area contributed by atoms with E-state index in [1.807, 2.05) is 36.4 Å². The lowest BCUT2D eigenvalue weighted by molar-refractivity contribution is 0.0383. The van der Waals surface area contributed by atoms with Crippen LogP contribution in [0, 0.1) is 0 Å². The number of nitrogens with one attached hydrogen (secondary N) is 4. The number of rotatable bonds is 14. The zero-order valence-corrected chi connectivity index (χ0v) is 35.1.